The molecule has 0 unspecified atom stereocenters. The molecule has 2 aromatic rings. The number of nitrogens with one attached hydrogen (secondary N) is 1. The first-order chi connectivity index (χ1) is 9.74. The molecule has 0 amide bonds. The van der Waals surface area contributed by atoms with Crippen molar-refractivity contribution in [1.29, 1.82) is 0 Å². The standard InChI is InChI=1S/C13H18FN5O/c14-6-2-1-4-9(8-20)17-12-11-10(5-3-7-16-11)18-13(15)19-12/h3,5,7,9,20H,1-2,4,6,8H2,(H3,15,17,18,19)/t9-/m1/s1. The van der Waals surface area contributed by atoms with Crippen molar-refractivity contribution in [2.24, 2.45) is 0 Å². The van der Waals surface area contributed by atoms with Crippen LogP contribution in [0.25, 0.3) is 11.0 Å². The van der Waals surface area contributed by atoms with Gasteiger partial charge in [0.1, 0.15) is 5.52 Å². The minimum absolute atomic E-state index is 0.0650. The third-order valence-electron chi connectivity index (χ3n) is 2.97. The van der Waals surface area contributed by atoms with Crippen LogP contribution < -0.4 is 11.1 Å². The average Bonchev–Trinajstić information content (AvgIpc) is 2.46. The molecule has 0 aliphatic carbocycles. The summed E-state index contributed by atoms with van der Waals surface area (Å²) in [6.45, 7) is -0.409. The predicted octanol–water partition coefficient (Wildman–Crippen LogP) is 1.52. The highest BCUT2D eigenvalue weighted by molar-refractivity contribution is 5.85. The first kappa shape index (κ1) is 14.4. The van der Waals surface area contributed by atoms with Gasteiger partial charge in [0.2, 0.25) is 5.95 Å². The summed E-state index contributed by atoms with van der Waals surface area (Å²) in [5.41, 5.74) is 6.91. The lowest BCUT2D eigenvalue weighted by Gasteiger charge is -2.17. The minimum Gasteiger partial charge on any atom is -0.394 e. The monoisotopic (exact) mass is 279 g/mol. The van der Waals surface area contributed by atoms with Gasteiger partial charge in [-0.3, -0.25) is 9.37 Å². The molecule has 6 nitrogen and oxygen atoms in total. The molecule has 0 saturated heterocycles. The van der Waals surface area contributed by atoms with Gasteiger partial charge in [-0.05, 0) is 31.4 Å². The Hall–Kier alpha value is -2.02. The zero-order chi connectivity index (χ0) is 14.4. The van der Waals surface area contributed by atoms with Crippen LogP contribution in [0.1, 0.15) is 19.3 Å². The van der Waals surface area contributed by atoms with Gasteiger partial charge in [0.25, 0.3) is 0 Å². The van der Waals surface area contributed by atoms with Crippen LogP contribution in [0.5, 0.6) is 0 Å². The van der Waals surface area contributed by atoms with Gasteiger partial charge in [-0.15, -0.1) is 0 Å². The van der Waals surface area contributed by atoms with Crippen LogP contribution >= 0.6 is 0 Å². The SMILES string of the molecule is Nc1nc(N[C@@H](CO)CCCCF)c2ncccc2n1. The number of nitrogens with zero attached hydrogens (tertiary/aromatic N) is 3. The number of fused-ring (bicyclic) bond motifs is 1. The molecule has 0 bridgehead atoms. The molecule has 2 rings (SSSR count). The highest BCUT2D eigenvalue weighted by atomic mass is 19.1. The van der Waals surface area contributed by atoms with Crippen molar-refractivity contribution in [2.45, 2.75) is 25.3 Å². The molecular weight excluding hydrogens is 261 g/mol. The number of hydrogen-bond acceptors (Lipinski definition) is 6. The number of anilines is 2. The lowest BCUT2D eigenvalue weighted by Crippen LogP contribution is -2.25. The normalized spacial score (nSPS) is 12.5. The van der Waals surface area contributed by atoms with E-state index in [9.17, 15) is 9.50 Å². The highest BCUT2D eigenvalue weighted by Crippen LogP contribution is 2.20. The number of alkyl halides is 1. The molecule has 2 heterocycles. The van der Waals surface area contributed by atoms with E-state index < -0.39 is 0 Å². The zero-order valence-electron chi connectivity index (χ0n) is 11.1. The van der Waals surface area contributed by atoms with Gasteiger partial charge in [0.05, 0.1) is 24.8 Å². The largest absolute Gasteiger partial charge is 0.394 e. The van der Waals surface area contributed by atoms with Gasteiger partial charge >= 0.3 is 0 Å². The molecule has 2 aromatic heterocycles. The summed E-state index contributed by atoms with van der Waals surface area (Å²) in [7, 11) is 0. The van der Waals surface area contributed by atoms with Gasteiger partial charge in [0, 0.05) is 6.20 Å². The summed E-state index contributed by atoms with van der Waals surface area (Å²) in [6.07, 6.45) is 3.48. The maximum absolute atomic E-state index is 12.1. The molecule has 0 aliphatic heterocycles. The number of pyridine rings is 1. The van der Waals surface area contributed by atoms with Gasteiger partial charge in [-0.25, -0.2) is 4.98 Å². The minimum atomic E-state index is -0.344. The fourth-order valence-electron chi connectivity index (χ4n) is 1.97. The molecule has 7 heteroatoms. The number of rotatable bonds is 7. The number of hydrogen-bond donors (Lipinski definition) is 3. The molecule has 20 heavy (non-hydrogen) atoms. The van der Waals surface area contributed by atoms with Crippen LogP contribution in [0.15, 0.2) is 18.3 Å². The zero-order valence-corrected chi connectivity index (χ0v) is 11.1. The van der Waals surface area contributed by atoms with Crippen LogP contribution in [-0.4, -0.2) is 39.4 Å². The second kappa shape index (κ2) is 6.95. The first-order valence-electron chi connectivity index (χ1n) is 6.56. The Labute approximate surface area is 116 Å². The summed E-state index contributed by atoms with van der Waals surface area (Å²) in [6, 6.07) is 3.35. The summed E-state index contributed by atoms with van der Waals surface area (Å²) in [5.74, 6) is 0.640. The molecule has 0 aromatic carbocycles. The molecule has 108 valence electrons. The van der Waals surface area contributed by atoms with E-state index in [0.717, 1.165) is 0 Å². The molecule has 0 radical (unpaired) electrons. The second-order valence-electron chi connectivity index (χ2n) is 4.51. The molecular formula is C13H18FN5O. The second-order valence-corrected chi connectivity index (χ2v) is 4.51. The molecule has 0 fully saturated rings. The van der Waals surface area contributed by atoms with Crippen molar-refractivity contribution in [3.63, 3.8) is 0 Å². The summed E-state index contributed by atoms with van der Waals surface area (Å²) < 4.78 is 12.1. The van der Waals surface area contributed by atoms with Crippen molar-refractivity contribution in [1.82, 2.24) is 15.0 Å². The van der Waals surface area contributed by atoms with Gasteiger partial charge in [0.15, 0.2) is 5.82 Å². The fourth-order valence-corrected chi connectivity index (χ4v) is 1.97. The van der Waals surface area contributed by atoms with E-state index in [1.807, 2.05) is 0 Å². The van der Waals surface area contributed by atoms with Crippen molar-refractivity contribution >= 4 is 22.8 Å². The highest BCUT2D eigenvalue weighted by Gasteiger charge is 2.12. The molecule has 0 aliphatic rings. The Morgan fingerprint density at radius 1 is 1.35 bits per heavy atom. The molecule has 4 N–H and O–H groups in total. The van der Waals surface area contributed by atoms with Crippen LogP contribution in [0.4, 0.5) is 16.2 Å². The predicted molar refractivity (Wildman–Crippen MR) is 76.1 cm³/mol. The Balaban J connectivity index is 2.18. The molecule has 1 atom stereocenters. The Morgan fingerprint density at radius 2 is 2.20 bits per heavy atom. The van der Waals surface area contributed by atoms with E-state index in [1.54, 1.807) is 18.3 Å². The number of aliphatic hydroxyl groups is 1. The van der Waals surface area contributed by atoms with E-state index in [2.05, 4.69) is 20.3 Å². The quantitative estimate of drug-likeness (QED) is 0.665. The average molecular weight is 279 g/mol. The van der Waals surface area contributed by atoms with Crippen molar-refractivity contribution in [2.75, 3.05) is 24.3 Å². The maximum atomic E-state index is 12.1. The first-order valence-corrected chi connectivity index (χ1v) is 6.56. The number of unbranched alkanes of at least 4 members (excludes halogenated alkanes) is 1. The Morgan fingerprint density at radius 3 is 2.95 bits per heavy atom. The van der Waals surface area contributed by atoms with E-state index in [0.29, 0.717) is 36.1 Å². The summed E-state index contributed by atoms with van der Waals surface area (Å²) in [4.78, 5) is 12.4. The third kappa shape index (κ3) is 3.51. The van der Waals surface area contributed by atoms with E-state index >= 15 is 0 Å². The number of nitrogen functional groups attached to an aromatic ring is 1. The maximum Gasteiger partial charge on any atom is 0.222 e. The van der Waals surface area contributed by atoms with Crippen molar-refractivity contribution in [3.8, 4) is 0 Å². The lowest BCUT2D eigenvalue weighted by atomic mass is 10.1. The van der Waals surface area contributed by atoms with E-state index in [-0.39, 0.29) is 25.3 Å². The van der Waals surface area contributed by atoms with E-state index in [4.69, 9.17) is 5.73 Å². The third-order valence-corrected chi connectivity index (χ3v) is 2.97. The summed E-state index contributed by atoms with van der Waals surface area (Å²) >= 11 is 0. The van der Waals surface area contributed by atoms with Gasteiger partial charge in [-0.1, -0.05) is 0 Å². The number of aromatic nitrogens is 3. The number of aliphatic hydroxyl groups excluding tert-OH is 1. The van der Waals surface area contributed by atoms with Crippen LogP contribution in [0.2, 0.25) is 0 Å². The lowest BCUT2D eigenvalue weighted by molar-refractivity contribution is 0.265. The smallest absolute Gasteiger partial charge is 0.222 e. The Kier molecular flexibility index (Phi) is 5.00. The fraction of sp³-hybridized carbons (Fsp3) is 0.462. The molecule has 0 saturated carbocycles. The van der Waals surface area contributed by atoms with Crippen molar-refractivity contribution in [3.05, 3.63) is 18.3 Å². The van der Waals surface area contributed by atoms with Crippen LogP contribution in [-0.2, 0) is 0 Å². The van der Waals surface area contributed by atoms with Crippen LogP contribution in [0, 0.1) is 0 Å². The number of halogens is 1. The van der Waals surface area contributed by atoms with Gasteiger partial charge < -0.3 is 16.2 Å². The number of nitrogens with two attached hydrogens (primary N) is 1. The van der Waals surface area contributed by atoms with E-state index in [1.165, 1.54) is 0 Å². The Bertz CT molecular complexity index is 565. The van der Waals surface area contributed by atoms with Crippen LogP contribution in [0.3, 0.4) is 0 Å². The molecule has 0 spiro atoms. The van der Waals surface area contributed by atoms with Crippen molar-refractivity contribution < 1.29 is 9.50 Å². The summed E-state index contributed by atoms with van der Waals surface area (Å²) in [5, 5.41) is 12.5. The topological polar surface area (TPSA) is 97.0 Å². The van der Waals surface area contributed by atoms with Gasteiger partial charge in [-0.2, -0.15) is 4.98 Å².